The molecule has 2 aliphatic rings. The predicted octanol–water partition coefficient (Wildman–Crippen LogP) is -1.22. The summed E-state index contributed by atoms with van der Waals surface area (Å²) in [7, 11) is 0. The van der Waals surface area contributed by atoms with E-state index in [1.165, 1.54) is 11.1 Å². The van der Waals surface area contributed by atoms with Crippen LogP contribution in [-0.2, 0) is 21.3 Å². The quantitative estimate of drug-likeness (QED) is 0.555. The van der Waals surface area contributed by atoms with E-state index in [-0.39, 0.29) is 24.8 Å². The molecule has 2 rings (SSSR count). The fourth-order valence-corrected chi connectivity index (χ4v) is 10.4. The van der Waals surface area contributed by atoms with Crippen molar-refractivity contribution < 1.29 is 46.1 Å². The van der Waals surface area contributed by atoms with Crippen LogP contribution in [0.25, 0.3) is 0 Å². The van der Waals surface area contributed by atoms with Gasteiger partial charge in [-0.3, -0.25) is 0 Å². The maximum atomic E-state index is 4.69. The summed E-state index contributed by atoms with van der Waals surface area (Å²) in [5.41, 5.74) is 6.16. The first-order chi connectivity index (χ1) is 8.36. The topological polar surface area (TPSA) is 0 Å². The van der Waals surface area contributed by atoms with E-state index in [4.69, 9.17) is 0 Å². The van der Waals surface area contributed by atoms with E-state index >= 15 is 0 Å². The van der Waals surface area contributed by atoms with Crippen LogP contribution in [0.5, 0.6) is 0 Å². The largest absolute Gasteiger partial charge is 1.00 e. The molecule has 0 spiro atoms. The van der Waals surface area contributed by atoms with E-state index in [1.54, 1.807) is 17.7 Å². The molecular weight excluding hydrogens is 366 g/mol. The SMILES string of the molecule is [CH2]=[Zr+2]([C]1=C(C)C=CC1C)[C]1=C(C)C(C)=C(C)C1C.[Cl-].[Cl-]. The number of hydrogen-bond donors (Lipinski definition) is 0. The molecule has 2 unspecified atom stereocenters. The summed E-state index contributed by atoms with van der Waals surface area (Å²) < 4.78 is 8.13. The Kier molecular flexibility index (Phi) is 7.63. The first-order valence-corrected chi connectivity index (χ1v) is 11.0. The van der Waals surface area contributed by atoms with Crippen LogP contribution in [-0.4, -0.2) is 4.21 Å². The molecule has 0 aromatic rings. The molecule has 0 amide bonds. The number of halogens is 2. The van der Waals surface area contributed by atoms with Gasteiger partial charge in [-0.2, -0.15) is 0 Å². The molecule has 0 nitrogen and oxygen atoms in total. The van der Waals surface area contributed by atoms with E-state index in [0.717, 1.165) is 0 Å². The Hall–Kier alpha value is 0.293. The second-order valence-corrected chi connectivity index (χ2v) is 10.8. The van der Waals surface area contributed by atoms with Gasteiger partial charge in [0, 0.05) is 0 Å². The molecule has 0 heterocycles. The third-order valence-electron chi connectivity index (χ3n) is 4.81. The smallest absolute Gasteiger partial charge is 1.00 e. The average Bonchev–Trinajstić information content (AvgIpc) is 2.74. The van der Waals surface area contributed by atoms with Gasteiger partial charge in [0.25, 0.3) is 0 Å². The van der Waals surface area contributed by atoms with Gasteiger partial charge >= 0.3 is 120 Å². The summed E-state index contributed by atoms with van der Waals surface area (Å²) in [5.74, 6) is 1.27. The van der Waals surface area contributed by atoms with Crippen molar-refractivity contribution in [3.05, 3.63) is 41.0 Å². The van der Waals surface area contributed by atoms with E-state index in [2.05, 4.69) is 57.9 Å². The molecule has 0 fully saturated rings. The molecule has 2 atom stereocenters. The summed E-state index contributed by atoms with van der Waals surface area (Å²) in [6.07, 6.45) is 4.65. The van der Waals surface area contributed by atoms with Gasteiger partial charge in [-0.25, -0.2) is 0 Å². The van der Waals surface area contributed by atoms with Crippen LogP contribution in [0.4, 0.5) is 0 Å². The second kappa shape index (κ2) is 7.52. The maximum Gasteiger partial charge on any atom is -1.00 e. The average molecular weight is 391 g/mol. The van der Waals surface area contributed by atoms with Crippen molar-refractivity contribution in [1.82, 2.24) is 0 Å². The third kappa shape index (κ3) is 3.21. The van der Waals surface area contributed by atoms with Gasteiger partial charge in [-0.05, 0) is 0 Å². The van der Waals surface area contributed by atoms with Gasteiger partial charge in [0.15, 0.2) is 0 Å². The van der Waals surface area contributed by atoms with Crippen molar-refractivity contribution >= 4 is 4.21 Å². The summed E-state index contributed by atoms with van der Waals surface area (Å²) in [6.45, 7) is 13.9. The Bertz CT molecular complexity index is 547. The Morgan fingerprint density at radius 1 is 0.950 bits per heavy atom. The Morgan fingerprint density at radius 3 is 1.85 bits per heavy atom. The molecule has 0 saturated carbocycles. The van der Waals surface area contributed by atoms with E-state index in [0.29, 0.717) is 11.8 Å². The summed E-state index contributed by atoms with van der Waals surface area (Å²) in [4.78, 5) is 0. The normalized spacial score (nSPS) is 24.6. The van der Waals surface area contributed by atoms with Crippen LogP contribution < -0.4 is 24.8 Å². The zero-order chi connectivity index (χ0) is 13.6. The molecule has 3 heteroatoms. The number of allylic oxidation sites excluding steroid dienone is 8. The van der Waals surface area contributed by atoms with Crippen molar-refractivity contribution in [2.75, 3.05) is 0 Å². The van der Waals surface area contributed by atoms with Crippen molar-refractivity contribution in [1.29, 1.82) is 0 Å². The van der Waals surface area contributed by atoms with Gasteiger partial charge in [-0.1, -0.05) is 0 Å². The minimum Gasteiger partial charge on any atom is -1.00 e. The predicted molar refractivity (Wildman–Crippen MR) is 78.4 cm³/mol. The molecule has 0 bridgehead atoms. The molecule has 110 valence electrons. The van der Waals surface area contributed by atoms with Gasteiger partial charge in [0.05, 0.1) is 0 Å². The van der Waals surface area contributed by atoms with Crippen molar-refractivity contribution in [2.45, 2.75) is 41.5 Å². The zero-order valence-electron chi connectivity index (χ0n) is 13.3. The molecule has 0 aromatic carbocycles. The van der Waals surface area contributed by atoms with Crippen molar-refractivity contribution in [2.24, 2.45) is 11.8 Å². The molecule has 0 radical (unpaired) electrons. The van der Waals surface area contributed by atoms with Crippen LogP contribution in [0.15, 0.2) is 41.0 Å². The summed E-state index contributed by atoms with van der Waals surface area (Å²) in [6, 6.07) is 0. The van der Waals surface area contributed by atoms with E-state index in [9.17, 15) is 0 Å². The minimum atomic E-state index is -1.85. The summed E-state index contributed by atoms with van der Waals surface area (Å²) >= 11 is -1.85. The molecule has 0 N–H and O–H groups in total. The van der Waals surface area contributed by atoms with Crippen LogP contribution >= 0.6 is 0 Å². The van der Waals surface area contributed by atoms with E-state index < -0.39 is 21.3 Å². The van der Waals surface area contributed by atoms with E-state index in [1.807, 2.05) is 0 Å². The molecule has 20 heavy (non-hydrogen) atoms. The Labute approximate surface area is 144 Å². The van der Waals surface area contributed by atoms with Crippen LogP contribution in [0.2, 0.25) is 0 Å². The first kappa shape index (κ1) is 20.3. The minimum absolute atomic E-state index is 0. The third-order valence-corrected chi connectivity index (χ3v) is 12.1. The molecule has 2 aliphatic carbocycles. The second-order valence-electron chi connectivity index (χ2n) is 5.79. The van der Waals surface area contributed by atoms with Gasteiger partial charge in [-0.15, -0.1) is 0 Å². The maximum absolute atomic E-state index is 4.69. The molecule has 0 aromatic heterocycles. The molecule has 0 aliphatic heterocycles. The van der Waals surface area contributed by atoms with Gasteiger partial charge < -0.3 is 24.8 Å². The van der Waals surface area contributed by atoms with Crippen LogP contribution in [0.3, 0.4) is 0 Å². The molecule has 0 saturated heterocycles. The summed E-state index contributed by atoms with van der Waals surface area (Å²) in [5, 5.41) is 0. The van der Waals surface area contributed by atoms with Crippen molar-refractivity contribution in [3.8, 4) is 0 Å². The van der Waals surface area contributed by atoms with Crippen LogP contribution in [0, 0.1) is 11.8 Å². The Morgan fingerprint density at radius 2 is 1.50 bits per heavy atom. The monoisotopic (exact) mass is 388 g/mol. The van der Waals surface area contributed by atoms with Crippen LogP contribution in [0.1, 0.15) is 41.5 Å². The zero-order valence-corrected chi connectivity index (χ0v) is 17.2. The van der Waals surface area contributed by atoms with Gasteiger partial charge in [0.1, 0.15) is 0 Å². The number of rotatable bonds is 2. The standard InChI is InChI=1S/C9H13.C7H9.CH2.2ClH.Zr/c1-6-5-7(2)9(4)8(6)3;1-6-3-4-7(2)5-6;;;;/h6H,1-4H3;3-4,6H,1-2H3;1H2;2*1H;/q;;;;;+2/p-2. The first-order valence-electron chi connectivity index (χ1n) is 6.83. The fraction of sp³-hybridized carbons (Fsp3) is 0.471. The number of hydrogen-bond acceptors (Lipinski definition) is 0. The Balaban J connectivity index is 0.00000180. The van der Waals surface area contributed by atoms with Gasteiger partial charge in [0.2, 0.25) is 0 Å². The molecular formula is C17H24Cl2Zr. The fourth-order valence-electron chi connectivity index (χ4n) is 3.34. The van der Waals surface area contributed by atoms with Crippen molar-refractivity contribution in [3.63, 3.8) is 0 Å².